The monoisotopic (exact) mass is 357 g/mol. The van der Waals surface area contributed by atoms with E-state index in [0.717, 1.165) is 6.92 Å². The molecule has 1 unspecified atom stereocenters. The summed E-state index contributed by atoms with van der Waals surface area (Å²) in [6.45, 7) is 0.505. The highest BCUT2D eigenvalue weighted by Crippen LogP contribution is 2.36. The lowest BCUT2D eigenvalue weighted by Gasteiger charge is -2.50. The van der Waals surface area contributed by atoms with Crippen LogP contribution in [0.25, 0.3) is 0 Å². The number of benzene rings is 1. The molecule has 25 heavy (non-hydrogen) atoms. The summed E-state index contributed by atoms with van der Waals surface area (Å²) in [5.74, 6) is -0.621. The maximum absolute atomic E-state index is 11.6. The van der Waals surface area contributed by atoms with Crippen LogP contribution in [0.3, 0.4) is 0 Å². The van der Waals surface area contributed by atoms with Crippen LogP contribution in [0.1, 0.15) is 25.0 Å². The first-order valence-electron chi connectivity index (χ1n) is 7.77. The highest BCUT2D eigenvalue weighted by Gasteiger charge is 2.56. The van der Waals surface area contributed by atoms with Gasteiger partial charge in [-0.1, -0.05) is 12.1 Å². The van der Waals surface area contributed by atoms with Crippen LogP contribution in [0.5, 0.6) is 5.75 Å². The van der Waals surface area contributed by atoms with E-state index in [1.165, 1.54) is 24.3 Å². The Labute approximate surface area is 144 Å². The van der Waals surface area contributed by atoms with Gasteiger partial charge in [-0.15, -0.1) is 0 Å². The number of nitrogens with one attached hydrogen (secondary N) is 1. The van der Waals surface area contributed by atoms with Crippen molar-refractivity contribution in [2.24, 2.45) is 0 Å². The van der Waals surface area contributed by atoms with Gasteiger partial charge in [-0.3, -0.25) is 4.79 Å². The summed E-state index contributed by atoms with van der Waals surface area (Å²) >= 11 is 0. The minimum absolute atomic E-state index is 0.00481. The van der Waals surface area contributed by atoms with Crippen molar-refractivity contribution < 1.29 is 40.2 Å². The molecule has 2 rings (SSSR count). The second-order valence-corrected chi connectivity index (χ2v) is 6.18. The van der Waals surface area contributed by atoms with Crippen molar-refractivity contribution in [1.82, 2.24) is 5.32 Å². The van der Waals surface area contributed by atoms with E-state index in [9.17, 15) is 30.3 Å². The Morgan fingerprint density at radius 1 is 1.28 bits per heavy atom. The summed E-state index contributed by atoms with van der Waals surface area (Å²) < 4.78 is 5.12. The van der Waals surface area contributed by atoms with Crippen molar-refractivity contribution in [3.05, 3.63) is 29.8 Å². The van der Waals surface area contributed by atoms with Crippen molar-refractivity contribution in [3.63, 3.8) is 0 Å². The van der Waals surface area contributed by atoms with Gasteiger partial charge in [-0.2, -0.15) is 0 Å². The Morgan fingerprint density at radius 3 is 2.40 bits per heavy atom. The summed E-state index contributed by atoms with van der Waals surface area (Å²) in [6, 6.07) is 5.59. The van der Waals surface area contributed by atoms with Crippen LogP contribution in [0, 0.1) is 0 Å². The first kappa shape index (κ1) is 19.6. The average molecular weight is 357 g/mol. The normalized spacial score (nSPS) is 33.7. The summed E-state index contributed by atoms with van der Waals surface area (Å²) in [4.78, 5) is 11.6. The molecule has 7 N–H and O–H groups in total. The molecular weight excluding hydrogens is 334 g/mol. The molecule has 1 aliphatic heterocycles. The Balaban J connectivity index is 2.33. The van der Waals surface area contributed by atoms with Crippen LogP contribution in [0.2, 0.25) is 0 Å². The van der Waals surface area contributed by atoms with Crippen LogP contribution in [0.15, 0.2) is 24.3 Å². The van der Waals surface area contributed by atoms with Gasteiger partial charge in [-0.05, 0) is 17.7 Å². The molecule has 140 valence electrons. The Bertz CT molecular complexity index is 594. The minimum Gasteiger partial charge on any atom is -0.508 e. The summed E-state index contributed by atoms with van der Waals surface area (Å²) in [6.07, 6.45) is -7.94. The van der Waals surface area contributed by atoms with Crippen molar-refractivity contribution in [2.45, 2.75) is 49.6 Å². The lowest BCUT2D eigenvalue weighted by molar-refractivity contribution is -0.288. The molecule has 0 spiro atoms. The number of aliphatic hydroxyl groups excluding tert-OH is 5. The molecule has 9 heteroatoms. The average Bonchev–Trinajstić information content (AvgIpc) is 2.56. The van der Waals surface area contributed by atoms with Gasteiger partial charge in [0.1, 0.15) is 29.6 Å². The van der Waals surface area contributed by atoms with Crippen molar-refractivity contribution in [2.75, 3.05) is 6.61 Å². The molecule has 0 radical (unpaired) electrons. The number of ether oxygens (including phenoxy) is 1. The van der Waals surface area contributed by atoms with Crippen LogP contribution < -0.4 is 5.32 Å². The number of aliphatic hydroxyl groups is 5. The molecule has 1 fully saturated rings. The number of aromatic hydroxyl groups is 1. The predicted octanol–water partition coefficient (Wildman–Crippen LogP) is -1.88. The second kappa shape index (κ2) is 7.65. The van der Waals surface area contributed by atoms with Gasteiger partial charge in [0.25, 0.3) is 0 Å². The van der Waals surface area contributed by atoms with Crippen molar-refractivity contribution >= 4 is 5.91 Å². The van der Waals surface area contributed by atoms with Gasteiger partial charge in [0.15, 0.2) is 6.29 Å². The SMILES string of the molecule is CC(=O)N[C@@]1(CC(O)c2ccc(O)cc2)[C@H](O)O[C@H](CO)[C@@H](O)[C@@H]1O. The first-order chi connectivity index (χ1) is 11.7. The van der Waals surface area contributed by atoms with E-state index in [1.807, 2.05) is 0 Å². The summed E-state index contributed by atoms with van der Waals surface area (Å²) in [5.41, 5.74) is -1.53. The molecule has 1 aromatic rings. The molecule has 1 aromatic carbocycles. The van der Waals surface area contributed by atoms with Gasteiger partial charge in [0.05, 0.1) is 12.7 Å². The molecule has 0 aliphatic carbocycles. The number of phenolic OH excluding ortho intramolecular Hbond substituents is 1. The van der Waals surface area contributed by atoms with Gasteiger partial charge in [-0.25, -0.2) is 0 Å². The van der Waals surface area contributed by atoms with Gasteiger partial charge in [0.2, 0.25) is 5.91 Å². The zero-order chi connectivity index (χ0) is 18.8. The van der Waals surface area contributed by atoms with Crippen LogP contribution >= 0.6 is 0 Å². The Hall–Kier alpha value is -1.75. The van der Waals surface area contributed by atoms with E-state index in [2.05, 4.69) is 5.32 Å². The van der Waals surface area contributed by atoms with Crippen molar-refractivity contribution in [3.8, 4) is 5.75 Å². The molecule has 0 bridgehead atoms. The Morgan fingerprint density at radius 2 is 1.88 bits per heavy atom. The third-order valence-electron chi connectivity index (χ3n) is 4.37. The number of carbonyl (C=O) groups is 1. The highest BCUT2D eigenvalue weighted by atomic mass is 16.6. The number of hydrogen-bond acceptors (Lipinski definition) is 8. The van der Waals surface area contributed by atoms with Crippen LogP contribution in [-0.2, 0) is 9.53 Å². The molecule has 1 amide bonds. The third kappa shape index (κ3) is 3.92. The summed E-state index contributed by atoms with van der Waals surface area (Å²) in [5, 5.41) is 62.2. The molecule has 1 saturated heterocycles. The van der Waals surface area contributed by atoms with E-state index in [4.69, 9.17) is 9.84 Å². The van der Waals surface area contributed by atoms with E-state index in [0.29, 0.717) is 5.56 Å². The molecule has 6 atom stereocenters. The maximum atomic E-state index is 11.6. The van der Waals surface area contributed by atoms with E-state index in [1.54, 1.807) is 0 Å². The fourth-order valence-electron chi connectivity index (χ4n) is 3.04. The topological polar surface area (TPSA) is 160 Å². The lowest BCUT2D eigenvalue weighted by Crippen LogP contribution is -2.73. The predicted molar refractivity (Wildman–Crippen MR) is 84.2 cm³/mol. The quantitative estimate of drug-likeness (QED) is 0.322. The molecular formula is C16H23NO8. The van der Waals surface area contributed by atoms with Gasteiger partial charge < -0.3 is 40.7 Å². The minimum atomic E-state index is -1.89. The number of phenols is 1. The van der Waals surface area contributed by atoms with E-state index < -0.39 is 48.8 Å². The smallest absolute Gasteiger partial charge is 0.217 e. The van der Waals surface area contributed by atoms with Gasteiger partial charge in [0, 0.05) is 13.3 Å². The summed E-state index contributed by atoms with van der Waals surface area (Å²) in [7, 11) is 0. The first-order valence-corrected chi connectivity index (χ1v) is 7.77. The van der Waals surface area contributed by atoms with Crippen molar-refractivity contribution in [1.29, 1.82) is 0 Å². The fraction of sp³-hybridized carbons (Fsp3) is 0.562. The van der Waals surface area contributed by atoms with E-state index in [-0.39, 0.29) is 12.2 Å². The fourth-order valence-corrected chi connectivity index (χ4v) is 3.04. The Kier molecular flexibility index (Phi) is 5.99. The van der Waals surface area contributed by atoms with Crippen LogP contribution in [-0.4, -0.2) is 73.3 Å². The number of hydrogen-bond donors (Lipinski definition) is 7. The third-order valence-corrected chi connectivity index (χ3v) is 4.37. The molecule has 0 saturated carbocycles. The second-order valence-electron chi connectivity index (χ2n) is 6.18. The van der Waals surface area contributed by atoms with Crippen LogP contribution in [0.4, 0.5) is 0 Å². The zero-order valence-corrected chi connectivity index (χ0v) is 13.6. The molecule has 0 aromatic heterocycles. The largest absolute Gasteiger partial charge is 0.508 e. The van der Waals surface area contributed by atoms with Gasteiger partial charge >= 0.3 is 0 Å². The molecule has 9 nitrogen and oxygen atoms in total. The zero-order valence-electron chi connectivity index (χ0n) is 13.6. The highest BCUT2D eigenvalue weighted by molar-refractivity contribution is 5.74. The number of amides is 1. The molecule has 1 heterocycles. The standard InChI is InChI=1S/C16H23NO8/c1-8(19)17-16(6-11(21)9-2-4-10(20)5-3-9)14(23)13(22)12(7-18)25-15(16)24/h2-5,11-15,18,20-24H,6-7H2,1H3,(H,17,19)/t11?,12-,13-,14+,15-,16-/m1/s1. The van der Waals surface area contributed by atoms with E-state index >= 15 is 0 Å². The number of rotatable bonds is 5. The maximum Gasteiger partial charge on any atom is 0.217 e. The lowest BCUT2D eigenvalue weighted by atomic mass is 9.78. The number of carbonyl (C=O) groups excluding carboxylic acids is 1. The molecule has 1 aliphatic rings.